The maximum absolute atomic E-state index is 13.5. The highest BCUT2D eigenvalue weighted by Gasteiger charge is 2.49. The highest BCUT2D eigenvalue weighted by atomic mass is 35.5. The van der Waals surface area contributed by atoms with E-state index < -0.39 is 21.2 Å². The molecule has 11 heteroatoms. The first kappa shape index (κ1) is 34.1. The third-order valence-electron chi connectivity index (χ3n) is 11.8. The molecule has 3 fully saturated rings. The predicted octanol–water partition coefficient (Wildman–Crippen LogP) is 6.03. The molecule has 9 nitrogen and oxygen atoms in total. The van der Waals surface area contributed by atoms with Crippen LogP contribution >= 0.6 is 11.6 Å². The molecular formula is C37H50ClN3O6S. The number of anilines is 1. The first-order valence-electron chi connectivity index (χ1n) is 17.9. The summed E-state index contributed by atoms with van der Waals surface area (Å²) in [5.74, 6) is 1.10. The van der Waals surface area contributed by atoms with Crippen LogP contribution in [0.25, 0.3) is 0 Å². The molecule has 2 aromatic carbocycles. The maximum atomic E-state index is 13.5. The summed E-state index contributed by atoms with van der Waals surface area (Å²) in [6.45, 7) is 7.47. The fourth-order valence-corrected chi connectivity index (χ4v) is 10.1. The van der Waals surface area contributed by atoms with Gasteiger partial charge in [-0.05, 0) is 118 Å². The summed E-state index contributed by atoms with van der Waals surface area (Å²) >= 11 is 6.38. The number of hydrogen-bond donors (Lipinski definition) is 1. The van der Waals surface area contributed by atoms with Gasteiger partial charge in [-0.1, -0.05) is 31.0 Å². The molecule has 1 amide bonds. The van der Waals surface area contributed by atoms with Gasteiger partial charge in [-0.25, -0.2) is 13.1 Å². The lowest BCUT2D eigenvalue weighted by atomic mass is 9.65. The van der Waals surface area contributed by atoms with E-state index in [9.17, 15) is 13.2 Å². The molecule has 0 spiro atoms. The van der Waals surface area contributed by atoms with E-state index >= 15 is 0 Å². The van der Waals surface area contributed by atoms with Gasteiger partial charge in [0.05, 0.1) is 10.9 Å². The molecule has 4 aliphatic heterocycles. The normalized spacial score (nSPS) is 34.4. The van der Waals surface area contributed by atoms with Gasteiger partial charge in [0.25, 0.3) is 5.91 Å². The van der Waals surface area contributed by atoms with Crippen molar-refractivity contribution < 1.29 is 27.4 Å². The molecule has 0 radical (unpaired) electrons. The van der Waals surface area contributed by atoms with Crippen molar-refractivity contribution in [3.05, 3.63) is 58.1 Å². The Morgan fingerprint density at radius 2 is 1.67 bits per heavy atom. The Morgan fingerprint density at radius 1 is 0.875 bits per heavy atom. The van der Waals surface area contributed by atoms with Crippen LogP contribution in [0, 0.1) is 23.7 Å². The Balaban J connectivity index is 1.23. The predicted molar refractivity (Wildman–Crippen MR) is 187 cm³/mol. The molecule has 7 rings (SSSR count). The minimum absolute atomic E-state index is 0.110. The first-order valence-corrected chi connectivity index (χ1v) is 19.8. The lowest BCUT2D eigenvalue weighted by molar-refractivity contribution is -0.146. The number of aryl methyl sites for hydroxylation is 1. The second-order valence-corrected chi connectivity index (χ2v) is 17.5. The van der Waals surface area contributed by atoms with Gasteiger partial charge in [0.1, 0.15) is 24.6 Å². The second-order valence-electron chi connectivity index (χ2n) is 15.0. The minimum atomic E-state index is -3.90. The molecule has 0 aromatic heterocycles. The largest absolute Gasteiger partial charge is 0.487 e. The number of likely N-dealkylation sites (tertiary alicyclic amines) is 1. The van der Waals surface area contributed by atoms with Crippen LogP contribution in [0.5, 0.6) is 5.75 Å². The molecule has 1 aliphatic carbocycles. The van der Waals surface area contributed by atoms with Crippen LogP contribution in [0.4, 0.5) is 5.69 Å². The summed E-state index contributed by atoms with van der Waals surface area (Å²) in [6, 6.07) is 11.3. The number of likely N-dealkylation sites (N-methyl/N-ethyl adjacent to an activating group) is 1. The number of sulfonamides is 1. The number of carbonyl (C=O) groups is 1. The van der Waals surface area contributed by atoms with Gasteiger partial charge in [0.2, 0.25) is 10.0 Å². The number of halogens is 1. The highest BCUT2D eigenvalue weighted by molar-refractivity contribution is 7.90. The molecule has 1 saturated carbocycles. The molecule has 1 unspecified atom stereocenters. The fourth-order valence-electron chi connectivity index (χ4n) is 8.56. The summed E-state index contributed by atoms with van der Waals surface area (Å²) in [7, 11) is -1.78. The molecule has 2 bridgehead atoms. The van der Waals surface area contributed by atoms with Gasteiger partial charge in [0.15, 0.2) is 6.29 Å². The van der Waals surface area contributed by atoms with Crippen molar-refractivity contribution in [2.75, 3.05) is 38.1 Å². The number of ether oxygens (including phenoxy) is 3. The number of hydrogen-bond acceptors (Lipinski definition) is 8. The van der Waals surface area contributed by atoms with Gasteiger partial charge in [-0.15, -0.1) is 0 Å². The summed E-state index contributed by atoms with van der Waals surface area (Å²) in [6.07, 6.45) is 7.67. The Morgan fingerprint density at radius 3 is 2.42 bits per heavy atom. The smallest absolute Gasteiger partial charge is 0.264 e. The number of nitrogens with zero attached hydrogens (tertiary/aromatic N) is 2. The van der Waals surface area contributed by atoms with Crippen molar-refractivity contribution in [2.24, 2.45) is 23.7 Å². The maximum Gasteiger partial charge on any atom is 0.264 e. The quantitative estimate of drug-likeness (QED) is 0.386. The summed E-state index contributed by atoms with van der Waals surface area (Å²) < 4.78 is 49.1. The van der Waals surface area contributed by atoms with Crippen LogP contribution in [0.2, 0.25) is 5.02 Å². The minimum Gasteiger partial charge on any atom is -0.487 e. The molecule has 5 aliphatic rings. The lowest BCUT2D eigenvalue weighted by Crippen LogP contribution is -2.45. The van der Waals surface area contributed by atoms with Crippen LogP contribution in [0.1, 0.15) is 80.3 Å². The topological polar surface area (TPSA) is 97.4 Å². The zero-order chi connectivity index (χ0) is 33.6. The average molecular weight is 700 g/mol. The van der Waals surface area contributed by atoms with E-state index in [0.29, 0.717) is 29.8 Å². The van der Waals surface area contributed by atoms with E-state index in [1.165, 1.54) is 5.56 Å². The van der Waals surface area contributed by atoms with E-state index in [1.54, 1.807) is 13.0 Å². The summed E-state index contributed by atoms with van der Waals surface area (Å²) in [5, 5.41) is 0.00673. The van der Waals surface area contributed by atoms with Crippen molar-refractivity contribution >= 4 is 33.2 Å². The van der Waals surface area contributed by atoms with E-state index in [-0.39, 0.29) is 30.3 Å². The van der Waals surface area contributed by atoms with Crippen LogP contribution < -0.4 is 14.4 Å². The van der Waals surface area contributed by atoms with Gasteiger partial charge in [-0.3, -0.25) is 4.79 Å². The lowest BCUT2D eigenvalue weighted by Gasteiger charge is -2.46. The zero-order valence-corrected chi connectivity index (χ0v) is 30.0. The third kappa shape index (κ3) is 7.11. The first-order chi connectivity index (χ1) is 23.1. The Labute approximate surface area is 290 Å². The van der Waals surface area contributed by atoms with Crippen LogP contribution in [0.3, 0.4) is 0 Å². The van der Waals surface area contributed by atoms with Crippen molar-refractivity contribution in [2.45, 2.75) is 95.6 Å². The average Bonchev–Trinajstić information content (AvgIpc) is 3.58. The molecule has 2 aromatic rings. The molecule has 4 heterocycles. The summed E-state index contributed by atoms with van der Waals surface area (Å²) in [5.41, 5.74) is 3.44. The van der Waals surface area contributed by atoms with Crippen LogP contribution in [-0.2, 0) is 32.5 Å². The van der Waals surface area contributed by atoms with Gasteiger partial charge < -0.3 is 24.0 Å². The Bertz CT molecular complexity index is 1590. The van der Waals surface area contributed by atoms with Crippen molar-refractivity contribution in [1.29, 1.82) is 0 Å². The zero-order valence-electron chi connectivity index (χ0n) is 28.4. The van der Waals surface area contributed by atoms with Crippen molar-refractivity contribution in [3.8, 4) is 5.75 Å². The Kier molecular flexibility index (Phi) is 10.0. The van der Waals surface area contributed by atoms with Gasteiger partial charge in [-0.2, -0.15) is 0 Å². The van der Waals surface area contributed by atoms with Crippen molar-refractivity contribution in [1.82, 2.24) is 9.62 Å². The van der Waals surface area contributed by atoms with Crippen molar-refractivity contribution in [3.63, 3.8) is 0 Å². The molecule has 48 heavy (non-hydrogen) atoms. The highest BCUT2D eigenvalue weighted by Crippen LogP contribution is 2.48. The van der Waals surface area contributed by atoms with Crippen LogP contribution in [0.15, 0.2) is 36.4 Å². The number of carbonyl (C=O) groups excluding carboxylic acids is 1. The molecule has 1 N–H and O–H groups in total. The van der Waals surface area contributed by atoms with Crippen LogP contribution in [-0.4, -0.2) is 76.2 Å². The SMILES string of the molecule is C[C@@H]1[C@@H](C)CCC[C@H](C2O[C@H]3CN(C)C[C@H]3O2)[C@@H]2CC[C@H]2CN2CCCCc3cc(Cl)ccc3COc3ccc(cc32)C(=O)NS1(=O)=O. The van der Waals surface area contributed by atoms with E-state index in [0.717, 1.165) is 93.8 Å². The number of benzene rings is 2. The van der Waals surface area contributed by atoms with Gasteiger partial charge >= 0.3 is 0 Å². The Hall–Kier alpha value is -2.37. The number of nitrogens with one attached hydrogen (secondary N) is 1. The fraction of sp³-hybridized carbons (Fsp3) is 0.649. The molecule has 2 saturated heterocycles. The number of fused-ring (bicyclic) bond motifs is 4. The standard InChI is InChI=1S/C37H50ClN3O6S/c1-23-7-6-9-31(37-46-34-20-40(3)21-35(34)47-37)30-14-11-27(30)19-41-16-5-4-8-25-17-29(38)13-10-28(25)22-45-33-15-12-26(18-32(33)41)36(42)39-48(43,44)24(23)2/h10,12-13,15,17-18,23-24,27,30-31,34-35,37H,4-9,11,14,16,19-22H2,1-3H3,(H,39,42)/t23-,24+,27-,30+,31-,34-,35+,37?/m0/s1. The monoisotopic (exact) mass is 699 g/mol. The second kappa shape index (κ2) is 14.1. The molecular weight excluding hydrogens is 650 g/mol. The van der Waals surface area contributed by atoms with E-state index in [2.05, 4.69) is 21.6 Å². The third-order valence-corrected chi connectivity index (χ3v) is 14.0. The van der Waals surface area contributed by atoms with Gasteiger partial charge in [0, 0.05) is 42.7 Å². The number of amides is 1. The van der Waals surface area contributed by atoms with E-state index in [4.69, 9.17) is 25.8 Å². The number of rotatable bonds is 1. The summed E-state index contributed by atoms with van der Waals surface area (Å²) in [4.78, 5) is 18.2. The van der Waals surface area contributed by atoms with E-state index in [1.807, 2.05) is 37.3 Å². The molecule has 8 atom stereocenters. The molecule has 262 valence electrons.